The summed E-state index contributed by atoms with van der Waals surface area (Å²) in [7, 11) is 0. The third-order valence-electron chi connectivity index (χ3n) is 2.67. The van der Waals surface area contributed by atoms with E-state index in [-0.39, 0.29) is 17.9 Å². The number of carbonyl (C=O) groups is 2. The number of rotatable bonds is 2. The number of nitrogens with zero attached hydrogens (tertiary/aromatic N) is 1. The van der Waals surface area contributed by atoms with Crippen molar-refractivity contribution in [3.8, 4) is 0 Å². The van der Waals surface area contributed by atoms with Crippen molar-refractivity contribution in [2.24, 2.45) is 5.92 Å². The predicted octanol–water partition coefficient (Wildman–Crippen LogP) is 0.586. The van der Waals surface area contributed by atoms with E-state index in [4.69, 9.17) is 0 Å². The Morgan fingerprint density at radius 2 is 2.08 bits per heavy atom. The zero-order valence-corrected chi connectivity index (χ0v) is 7.03. The van der Waals surface area contributed by atoms with Crippen LogP contribution in [0.15, 0.2) is 0 Å². The van der Waals surface area contributed by atoms with Crippen LogP contribution in [0.3, 0.4) is 0 Å². The van der Waals surface area contributed by atoms with E-state index in [1.807, 2.05) is 0 Å². The summed E-state index contributed by atoms with van der Waals surface area (Å²) in [6.07, 6.45) is 4.82. The van der Waals surface area contributed by atoms with E-state index in [0.29, 0.717) is 0 Å². The number of amides is 1. The Morgan fingerprint density at radius 3 is 2.67 bits per heavy atom. The molecule has 0 aromatic rings. The maximum atomic E-state index is 11.5. The predicted molar refractivity (Wildman–Crippen MR) is 43.5 cm³/mol. The molecule has 12 heavy (non-hydrogen) atoms. The van der Waals surface area contributed by atoms with Crippen molar-refractivity contribution in [3.05, 3.63) is 0 Å². The molecule has 0 bridgehead atoms. The summed E-state index contributed by atoms with van der Waals surface area (Å²) < 4.78 is 0. The average molecular weight is 167 g/mol. The molecule has 0 radical (unpaired) electrons. The lowest BCUT2D eigenvalue weighted by Crippen LogP contribution is -2.37. The Labute approximate surface area is 71.7 Å². The maximum absolute atomic E-state index is 11.5. The summed E-state index contributed by atoms with van der Waals surface area (Å²) in [5.41, 5.74) is 0. The molecule has 1 amide bonds. The molecule has 0 aromatic carbocycles. The molecule has 1 aliphatic heterocycles. The van der Waals surface area contributed by atoms with Gasteiger partial charge < -0.3 is 9.69 Å². The van der Waals surface area contributed by atoms with Crippen molar-refractivity contribution in [2.75, 3.05) is 6.54 Å². The Bertz CT molecular complexity index is 211. The number of hydrogen-bond acceptors (Lipinski definition) is 2. The van der Waals surface area contributed by atoms with E-state index in [2.05, 4.69) is 0 Å². The lowest BCUT2D eigenvalue weighted by Gasteiger charge is -2.19. The van der Waals surface area contributed by atoms with Crippen LogP contribution < -0.4 is 0 Å². The van der Waals surface area contributed by atoms with Crippen molar-refractivity contribution in [3.63, 3.8) is 0 Å². The second-order valence-corrected chi connectivity index (χ2v) is 3.65. The lowest BCUT2D eigenvalue weighted by atomic mass is 10.2. The molecule has 3 nitrogen and oxygen atoms in total. The number of hydrogen-bond donors (Lipinski definition) is 0. The molecule has 1 saturated heterocycles. The van der Waals surface area contributed by atoms with Crippen molar-refractivity contribution in [1.29, 1.82) is 0 Å². The fourth-order valence-electron chi connectivity index (χ4n) is 1.77. The number of aldehydes is 1. The molecule has 0 unspecified atom stereocenters. The third-order valence-corrected chi connectivity index (χ3v) is 2.67. The van der Waals surface area contributed by atoms with E-state index in [9.17, 15) is 9.59 Å². The summed E-state index contributed by atoms with van der Waals surface area (Å²) in [6.45, 7) is 0.790. The molecular weight excluding hydrogens is 154 g/mol. The minimum Gasteiger partial charge on any atom is -0.333 e. The molecule has 1 aliphatic carbocycles. The first kappa shape index (κ1) is 7.77. The first-order valence-corrected chi connectivity index (χ1v) is 4.58. The van der Waals surface area contributed by atoms with E-state index in [0.717, 1.165) is 38.5 Å². The molecule has 2 aliphatic rings. The summed E-state index contributed by atoms with van der Waals surface area (Å²) in [5.74, 6) is 0.468. The highest BCUT2D eigenvalue weighted by atomic mass is 16.2. The van der Waals surface area contributed by atoms with Gasteiger partial charge in [0.1, 0.15) is 6.29 Å². The fourth-order valence-corrected chi connectivity index (χ4v) is 1.77. The maximum Gasteiger partial charge on any atom is 0.226 e. The summed E-state index contributed by atoms with van der Waals surface area (Å²) in [4.78, 5) is 23.9. The van der Waals surface area contributed by atoms with Gasteiger partial charge in [0.2, 0.25) is 5.91 Å². The zero-order valence-electron chi connectivity index (χ0n) is 7.03. The topological polar surface area (TPSA) is 37.4 Å². The van der Waals surface area contributed by atoms with Crippen LogP contribution >= 0.6 is 0 Å². The molecule has 1 heterocycles. The van der Waals surface area contributed by atoms with Crippen LogP contribution in [0.1, 0.15) is 25.7 Å². The molecule has 1 saturated carbocycles. The van der Waals surface area contributed by atoms with Gasteiger partial charge in [0, 0.05) is 12.5 Å². The van der Waals surface area contributed by atoms with Gasteiger partial charge in [-0.15, -0.1) is 0 Å². The van der Waals surface area contributed by atoms with Gasteiger partial charge in [-0.25, -0.2) is 0 Å². The minimum absolute atomic E-state index is 0.113. The normalized spacial score (nSPS) is 29.0. The highest BCUT2D eigenvalue weighted by molar-refractivity contribution is 5.84. The largest absolute Gasteiger partial charge is 0.333 e. The van der Waals surface area contributed by atoms with Crippen LogP contribution in [-0.2, 0) is 9.59 Å². The molecule has 66 valence electrons. The van der Waals surface area contributed by atoms with Crippen LogP contribution in [0.5, 0.6) is 0 Å². The van der Waals surface area contributed by atoms with Crippen molar-refractivity contribution >= 4 is 12.2 Å². The van der Waals surface area contributed by atoms with Crippen molar-refractivity contribution in [1.82, 2.24) is 4.90 Å². The summed E-state index contributed by atoms with van der Waals surface area (Å²) in [6, 6.07) is -0.113. The van der Waals surface area contributed by atoms with Crippen molar-refractivity contribution in [2.45, 2.75) is 31.7 Å². The van der Waals surface area contributed by atoms with Crippen LogP contribution in [-0.4, -0.2) is 29.7 Å². The Hall–Kier alpha value is -0.860. The Morgan fingerprint density at radius 1 is 1.33 bits per heavy atom. The number of likely N-dealkylation sites (tertiary alicyclic amines) is 1. The molecule has 2 fully saturated rings. The second-order valence-electron chi connectivity index (χ2n) is 3.65. The third kappa shape index (κ3) is 1.24. The molecule has 1 atom stereocenters. The highest BCUT2D eigenvalue weighted by Gasteiger charge is 2.37. The van der Waals surface area contributed by atoms with Gasteiger partial charge in [-0.1, -0.05) is 0 Å². The smallest absolute Gasteiger partial charge is 0.226 e. The Balaban J connectivity index is 2.00. The molecule has 2 rings (SSSR count). The van der Waals surface area contributed by atoms with E-state index >= 15 is 0 Å². The first-order valence-electron chi connectivity index (χ1n) is 4.58. The van der Waals surface area contributed by atoms with Crippen LogP contribution in [0.2, 0.25) is 0 Å². The van der Waals surface area contributed by atoms with Gasteiger partial charge in [0.25, 0.3) is 0 Å². The van der Waals surface area contributed by atoms with Gasteiger partial charge in [-0.05, 0) is 25.7 Å². The zero-order chi connectivity index (χ0) is 8.55. The molecule has 0 spiro atoms. The lowest BCUT2D eigenvalue weighted by molar-refractivity contribution is -0.135. The second kappa shape index (κ2) is 2.88. The van der Waals surface area contributed by atoms with Gasteiger partial charge in [0.05, 0.1) is 6.04 Å². The van der Waals surface area contributed by atoms with Gasteiger partial charge in [-0.3, -0.25) is 4.79 Å². The quantitative estimate of drug-likeness (QED) is 0.564. The van der Waals surface area contributed by atoms with Crippen LogP contribution in [0, 0.1) is 5.92 Å². The standard InChI is InChI=1S/C9H13NO2/c11-6-8-2-1-5-10(8)9(12)7-3-4-7/h6-8H,1-5H2/t8-/m0/s1. The van der Waals surface area contributed by atoms with E-state index in [1.165, 1.54) is 0 Å². The monoisotopic (exact) mass is 167 g/mol. The van der Waals surface area contributed by atoms with Gasteiger partial charge in [-0.2, -0.15) is 0 Å². The fraction of sp³-hybridized carbons (Fsp3) is 0.778. The molecular formula is C9H13NO2. The Kier molecular flexibility index (Phi) is 1.87. The number of carbonyl (C=O) groups excluding carboxylic acids is 2. The molecule has 0 N–H and O–H groups in total. The van der Waals surface area contributed by atoms with Crippen molar-refractivity contribution < 1.29 is 9.59 Å². The van der Waals surface area contributed by atoms with Crippen LogP contribution in [0.25, 0.3) is 0 Å². The van der Waals surface area contributed by atoms with E-state index in [1.54, 1.807) is 4.90 Å². The van der Waals surface area contributed by atoms with Gasteiger partial charge >= 0.3 is 0 Å². The molecule has 0 aromatic heterocycles. The van der Waals surface area contributed by atoms with Crippen LogP contribution in [0.4, 0.5) is 0 Å². The highest BCUT2D eigenvalue weighted by Crippen LogP contribution is 2.33. The summed E-state index contributed by atoms with van der Waals surface area (Å²) in [5, 5.41) is 0. The van der Waals surface area contributed by atoms with Gasteiger partial charge in [0.15, 0.2) is 0 Å². The summed E-state index contributed by atoms with van der Waals surface area (Å²) >= 11 is 0. The average Bonchev–Trinajstić information content (AvgIpc) is 2.82. The van der Waals surface area contributed by atoms with E-state index < -0.39 is 0 Å². The first-order chi connectivity index (χ1) is 5.83. The minimum atomic E-state index is -0.113. The SMILES string of the molecule is O=C[C@@H]1CCCN1C(=O)C1CC1. The molecule has 3 heteroatoms.